The van der Waals surface area contributed by atoms with Crippen LogP contribution in [0.25, 0.3) is 0 Å². The van der Waals surface area contributed by atoms with Crippen LogP contribution in [0.15, 0.2) is 30.6 Å². The van der Waals surface area contributed by atoms with Gasteiger partial charge in [-0.3, -0.25) is 4.79 Å². The zero-order chi connectivity index (χ0) is 17.1. The Labute approximate surface area is 142 Å². The van der Waals surface area contributed by atoms with Crippen molar-refractivity contribution in [2.24, 2.45) is 0 Å². The Morgan fingerprint density at radius 2 is 2.04 bits per heavy atom. The fraction of sp³-hybridized carbons (Fsp3) is 0.312. The number of hydrogen-bond donors (Lipinski definition) is 0. The van der Waals surface area contributed by atoms with Crippen molar-refractivity contribution in [3.63, 3.8) is 0 Å². The van der Waals surface area contributed by atoms with Gasteiger partial charge in [-0.1, -0.05) is 17.7 Å². The number of piperidine rings is 1. The molecule has 1 saturated heterocycles. The number of benzene rings is 1. The van der Waals surface area contributed by atoms with Gasteiger partial charge >= 0.3 is 6.01 Å². The summed E-state index contributed by atoms with van der Waals surface area (Å²) >= 11 is 5.95. The highest BCUT2D eigenvalue weighted by atomic mass is 35.5. The Balaban J connectivity index is 1.71. The molecule has 0 radical (unpaired) electrons. The molecular weight excluding hydrogens is 340 g/mol. The highest BCUT2D eigenvalue weighted by Gasteiger charge is 2.28. The molecule has 2 aromatic rings. The first kappa shape index (κ1) is 16.6. The Bertz CT molecular complexity index is 722. The van der Waals surface area contributed by atoms with Crippen molar-refractivity contribution in [3.8, 4) is 6.01 Å². The van der Waals surface area contributed by atoms with E-state index in [9.17, 15) is 13.6 Å². The summed E-state index contributed by atoms with van der Waals surface area (Å²) in [6.07, 6.45) is 3.04. The SMILES string of the molecule is O=C(c1c(F)cccc1Cl)N1CCCC(Oc2ncc(F)cn2)C1. The van der Waals surface area contributed by atoms with Crippen molar-refractivity contribution in [2.75, 3.05) is 13.1 Å². The van der Waals surface area contributed by atoms with Gasteiger partial charge in [-0.2, -0.15) is 0 Å². The third-order valence-corrected chi connectivity index (χ3v) is 4.03. The van der Waals surface area contributed by atoms with Crippen molar-refractivity contribution in [1.29, 1.82) is 0 Å². The standard InChI is InChI=1S/C16H14ClF2N3O2/c17-12-4-1-5-13(19)14(12)15(23)22-6-2-3-11(9-22)24-16-20-7-10(18)8-21-16/h1,4-5,7-8,11H,2-3,6,9H2. The van der Waals surface area contributed by atoms with E-state index in [4.69, 9.17) is 16.3 Å². The highest BCUT2D eigenvalue weighted by Crippen LogP contribution is 2.23. The summed E-state index contributed by atoms with van der Waals surface area (Å²) in [5.74, 6) is -1.69. The fourth-order valence-electron chi connectivity index (χ4n) is 2.59. The van der Waals surface area contributed by atoms with Crippen LogP contribution >= 0.6 is 11.6 Å². The zero-order valence-corrected chi connectivity index (χ0v) is 13.3. The van der Waals surface area contributed by atoms with E-state index in [1.165, 1.54) is 23.1 Å². The summed E-state index contributed by atoms with van der Waals surface area (Å²) in [4.78, 5) is 21.5. The van der Waals surface area contributed by atoms with Gasteiger partial charge in [0.05, 0.1) is 29.5 Å². The molecule has 1 aromatic heterocycles. The Morgan fingerprint density at radius 1 is 1.29 bits per heavy atom. The minimum atomic E-state index is -0.655. The van der Waals surface area contributed by atoms with E-state index in [-0.39, 0.29) is 29.2 Å². The van der Waals surface area contributed by atoms with Gasteiger partial charge in [-0.15, -0.1) is 0 Å². The molecule has 1 aliphatic rings. The molecule has 126 valence electrons. The molecule has 0 saturated carbocycles. The molecule has 8 heteroatoms. The van der Waals surface area contributed by atoms with Crippen LogP contribution < -0.4 is 4.74 Å². The minimum Gasteiger partial charge on any atom is -0.458 e. The molecule has 0 spiro atoms. The van der Waals surface area contributed by atoms with Crippen molar-refractivity contribution in [1.82, 2.24) is 14.9 Å². The number of aromatic nitrogens is 2. The monoisotopic (exact) mass is 353 g/mol. The van der Waals surface area contributed by atoms with Crippen LogP contribution in [0.4, 0.5) is 8.78 Å². The molecule has 1 unspecified atom stereocenters. The van der Waals surface area contributed by atoms with E-state index in [0.717, 1.165) is 12.4 Å². The lowest BCUT2D eigenvalue weighted by Crippen LogP contribution is -2.44. The maximum Gasteiger partial charge on any atom is 0.316 e. The average molecular weight is 354 g/mol. The summed E-state index contributed by atoms with van der Waals surface area (Å²) < 4.78 is 32.3. The molecule has 0 aliphatic carbocycles. The van der Waals surface area contributed by atoms with Gasteiger partial charge in [-0.25, -0.2) is 18.7 Å². The number of ether oxygens (including phenoxy) is 1. The molecular formula is C16H14ClF2N3O2. The Hall–Kier alpha value is -2.28. The lowest BCUT2D eigenvalue weighted by Gasteiger charge is -2.32. The van der Waals surface area contributed by atoms with Gasteiger partial charge in [0, 0.05) is 6.54 Å². The number of carbonyl (C=O) groups is 1. The topological polar surface area (TPSA) is 55.3 Å². The van der Waals surface area contributed by atoms with E-state index < -0.39 is 17.5 Å². The van der Waals surface area contributed by atoms with Crippen molar-refractivity contribution in [2.45, 2.75) is 18.9 Å². The largest absolute Gasteiger partial charge is 0.458 e. The molecule has 0 bridgehead atoms. The third-order valence-electron chi connectivity index (χ3n) is 3.71. The van der Waals surface area contributed by atoms with E-state index in [1.54, 1.807) is 0 Å². The first-order chi connectivity index (χ1) is 11.5. The molecule has 1 fully saturated rings. The zero-order valence-electron chi connectivity index (χ0n) is 12.6. The van der Waals surface area contributed by atoms with Crippen LogP contribution in [0.3, 0.4) is 0 Å². The molecule has 5 nitrogen and oxygen atoms in total. The molecule has 3 rings (SSSR count). The lowest BCUT2D eigenvalue weighted by atomic mass is 10.1. The van der Waals surface area contributed by atoms with E-state index in [1.807, 2.05) is 0 Å². The predicted octanol–water partition coefficient (Wildman–Crippen LogP) is 3.09. The average Bonchev–Trinajstić information content (AvgIpc) is 2.57. The Kier molecular flexibility index (Phi) is 4.89. The van der Waals surface area contributed by atoms with Crippen LogP contribution in [0.2, 0.25) is 5.02 Å². The highest BCUT2D eigenvalue weighted by molar-refractivity contribution is 6.33. The van der Waals surface area contributed by atoms with Gasteiger partial charge in [-0.05, 0) is 25.0 Å². The van der Waals surface area contributed by atoms with Crippen LogP contribution in [0.1, 0.15) is 23.2 Å². The molecule has 0 N–H and O–H groups in total. The molecule has 1 atom stereocenters. The van der Waals surface area contributed by atoms with Crippen molar-refractivity contribution < 1.29 is 18.3 Å². The molecule has 2 heterocycles. The molecule has 1 aromatic carbocycles. The smallest absolute Gasteiger partial charge is 0.316 e. The van der Waals surface area contributed by atoms with Gasteiger partial charge in [0.2, 0.25) is 0 Å². The summed E-state index contributed by atoms with van der Waals surface area (Å²) in [5, 5.41) is 0.0740. The van der Waals surface area contributed by atoms with Gasteiger partial charge in [0.25, 0.3) is 5.91 Å². The van der Waals surface area contributed by atoms with Crippen LogP contribution in [0, 0.1) is 11.6 Å². The first-order valence-electron chi connectivity index (χ1n) is 7.42. The number of likely N-dealkylation sites (tertiary alicyclic amines) is 1. The van der Waals surface area contributed by atoms with Crippen LogP contribution in [-0.4, -0.2) is 40.0 Å². The maximum absolute atomic E-state index is 13.9. The first-order valence-corrected chi connectivity index (χ1v) is 7.80. The Morgan fingerprint density at radius 3 is 2.75 bits per heavy atom. The second-order valence-electron chi connectivity index (χ2n) is 5.41. The normalized spacial score (nSPS) is 17.6. The maximum atomic E-state index is 13.9. The third kappa shape index (κ3) is 3.62. The van der Waals surface area contributed by atoms with Crippen LogP contribution in [-0.2, 0) is 0 Å². The second-order valence-corrected chi connectivity index (χ2v) is 5.82. The number of hydrogen-bond acceptors (Lipinski definition) is 4. The minimum absolute atomic E-state index is 0.0413. The fourth-order valence-corrected chi connectivity index (χ4v) is 2.83. The summed E-state index contributed by atoms with van der Waals surface area (Å²) in [5.41, 5.74) is -0.141. The molecule has 1 amide bonds. The lowest BCUT2D eigenvalue weighted by molar-refractivity contribution is 0.0511. The quantitative estimate of drug-likeness (QED) is 0.851. The second kappa shape index (κ2) is 7.09. The van der Waals surface area contributed by atoms with Gasteiger partial charge in [0.15, 0.2) is 5.82 Å². The number of halogens is 3. The van der Waals surface area contributed by atoms with E-state index in [2.05, 4.69) is 9.97 Å². The van der Waals surface area contributed by atoms with Gasteiger partial charge < -0.3 is 9.64 Å². The van der Waals surface area contributed by atoms with Gasteiger partial charge in [0.1, 0.15) is 11.9 Å². The number of carbonyl (C=O) groups excluding carboxylic acids is 1. The summed E-state index contributed by atoms with van der Waals surface area (Å²) in [6.45, 7) is 0.734. The predicted molar refractivity (Wildman–Crippen MR) is 83.0 cm³/mol. The molecule has 24 heavy (non-hydrogen) atoms. The van der Waals surface area contributed by atoms with Crippen molar-refractivity contribution >= 4 is 17.5 Å². The molecule has 1 aliphatic heterocycles. The van der Waals surface area contributed by atoms with Crippen molar-refractivity contribution in [3.05, 3.63) is 52.8 Å². The number of nitrogens with zero attached hydrogens (tertiary/aromatic N) is 3. The number of amides is 1. The van der Waals surface area contributed by atoms with E-state index >= 15 is 0 Å². The number of rotatable bonds is 3. The van der Waals surface area contributed by atoms with Crippen LogP contribution in [0.5, 0.6) is 6.01 Å². The summed E-state index contributed by atoms with van der Waals surface area (Å²) in [7, 11) is 0. The van der Waals surface area contributed by atoms with E-state index in [0.29, 0.717) is 19.4 Å². The summed E-state index contributed by atoms with van der Waals surface area (Å²) in [6, 6.07) is 4.16.